The molecule has 15 heavy (non-hydrogen) atoms. The lowest BCUT2D eigenvalue weighted by atomic mass is 10.1. The van der Waals surface area contributed by atoms with Crippen LogP contribution in [0.4, 0.5) is 13.2 Å². The van der Waals surface area contributed by atoms with E-state index in [9.17, 15) is 13.2 Å². The number of benzene rings is 1. The lowest BCUT2D eigenvalue weighted by molar-refractivity contribution is -0.203. The van der Waals surface area contributed by atoms with Crippen LogP contribution < -0.4 is 0 Å². The summed E-state index contributed by atoms with van der Waals surface area (Å²) in [5.74, 6) is 0. The maximum atomic E-state index is 12.0. The average Bonchev–Trinajstić information content (AvgIpc) is 2.10. The van der Waals surface area contributed by atoms with Crippen molar-refractivity contribution in [1.29, 1.82) is 0 Å². The number of rotatable bonds is 2. The second-order valence-electron chi connectivity index (χ2n) is 3.01. The Labute approximate surface area is 94.4 Å². The van der Waals surface area contributed by atoms with E-state index in [2.05, 4.69) is 0 Å². The Morgan fingerprint density at radius 1 is 1.20 bits per heavy atom. The molecule has 0 aliphatic heterocycles. The van der Waals surface area contributed by atoms with Gasteiger partial charge in [0.25, 0.3) is 0 Å². The van der Waals surface area contributed by atoms with Gasteiger partial charge in [-0.3, -0.25) is 0 Å². The summed E-state index contributed by atoms with van der Waals surface area (Å²) in [6, 6.07) is 4.09. The van der Waals surface area contributed by atoms with Crippen LogP contribution in [0.3, 0.4) is 0 Å². The molecule has 0 aliphatic carbocycles. The summed E-state index contributed by atoms with van der Waals surface area (Å²) in [5.41, 5.74) is 0.286. The van der Waals surface area contributed by atoms with E-state index >= 15 is 0 Å². The molecule has 0 unspecified atom stereocenters. The topological polar surface area (TPSA) is 20.2 Å². The summed E-state index contributed by atoms with van der Waals surface area (Å²) in [6.07, 6.45) is -7.53. The molecule has 0 fully saturated rings. The SMILES string of the molecule is O[C@@H](Cc1ccc(Cl)c(Cl)c1)C(F)(F)F. The maximum absolute atomic E-state index is 12.0. The molecular weight excluding hydrogens is 252 g/mol. The van der Waals surface area contributed by atoms with Crippen molar-refractivity contribution >= 4 is 23.2 Å². The highest BCUT2D eigenvalue weighted by Gasteiger charge is 2.37. The monoisotopic (exact) mass is 258 g/mol. The van der Waals surface area contributed by atoms with Crippen LogP contribution in [-0.4, -0.2) is 17.4 Å². The van der Waals surface area contributed by atoms with Crippen molar-refractivity contribution in [1.82, 2.24) is 0 Å². The number of halogens is 5. The first kappa shape index (κ1) is 12.6. The minimum Gasteiger partial charge on any atom is -0.383 e. The van der Waals surface area contributed by atoms with E-state index in [1.54, 1.807) is 0 Å². The normalized spacial score (nSPS) is 14.0. The molecule has 6 heteroatoms. The zero-order valence-electron chi connectivity index (χ0n) is 7.35. The average molecular weight is 259 g/mol. The molecule has 0 bridgehead atoms. The summed E-state index contributed by atoms with van der Waals surface area (Å²) in [4.78, 5) is 0. The van der Waals surface area contributed by atoms with E-state index in [-0.39, 0.29) is 15.6 Å². The zero-order chi connectivity index (χ0) is 11.6. The molecule has 0 heterocycles. The smallest absolute Gasteiger partial charge is 0.383 e. The van der Waals surface area contributed by atoms with Crippen molar-refractivity contribution in [3.8, 4) is 0 Å². The molecule has 0 aliphatic rings. The molecule has 1 N–H and O–H groups in total. The third kappa shape index (κ3) is 3.55. The fraction of sp³-hybridized carbons (Fsp3) is 0.333. The number of hydrogen-bond acceptors (Lipinski definition) is 1. The molecule has 0 amide bonds. The van der Waals surface area contributed by atoms with E-state index in [1.807, 2.05) is 0 Å². The van der Waals surface area contributed by atoms with Crippen molar-refractivity contribution < 1.29 is 18.3 Å². The molecule has 0 saturated heterocycles. The number of alkyl halides is 3. The van der Waals surface area contributed by atoms with Crippen LogP contribution in [0.15, 0.2) is 18.2 Å². The number of aliphatic hydroxyl groups excluding tert-OH is 1. The minimum atomic E-state index is -4.62. The highest BCUT2D eigenvalue weighted by atomic mass is 35.5. The minimum absolute atomic E-state index is 0.170. The molecule has 1 rings (SSSR count). The zero-order valence-corrected chi connectivity index (χ0v) is 8.87. The fourth-order valence-corrected chi connectivity index (χ4v) is 1.33. The molecule has 0 radical (unpaired) electrons. The van der Waals surface area contributed by atoms with Crippen LogP contribution >= 0.6 is 23.2 Å². The van der Waals surface area contributed by atoms with E-state index in [0.29, 0.717) is 0 Å². The predicted molar refractivity (Wildman–Crippen MR) is 52.2 cm³/mol. The lowest BCUT2D eigenvalue weighted by Gasteiger charge is -2.14. The van der Waals surface area contributed by atoms with Gasteiger partial charge in [0.15, 0.2) is 6.10 Å². The van der Waals surface area contributed by atoms with Gasteiger partial charge in [-0.1, -0.05) is 29.3 Å². The molecule has 0 aromatic heterocycles. The molecule has 1 nitrogen and oxygen atoms in total. The quantitative estimate of drug-likeness (QED) is 0.862. The van der Waals surface area contributed by atoms with Crippen molar-refractivity contribution in [2.24, 2.45) is 0 Å². The van der Waals surface area contributed by atoms with Gasteiger partial charge in [-0.05, 0) is 17.7 Å². The van der Waals surface area contributed by atoms with Crippen LogP contribution in [0, 0.1) is 0 Å². The van der Waals surface area contributed by atoms with Gasteiger partial charge in [-0.25, -0.2) is 0 Å². The van der Waals surface area contributed by atoms with Crippen LogP contribution in [-0.2, 0) is 6.42 Å². The van der Waals surface area contributed by atoms with Crippen molar-refractivity contribution in [2.45, 2.75) is 18.7 Å². The molecule has 1 atom stereocenters. The van der Waals surface area contributed by atoms with Gasteiger partial charge in [-0.15, -0.1) is 0 Å². The van der Waals surface area contributed by atoms with E-state index < -0.39 is 18.7 Å². The highest BCUT2D eigenvalue weighted by molar-refractivity contribution is 6.42. The number of hydrogen-bond donors (Lipinski definition) is 1. The standard InChI is InChI=1S/C9H7Cl2F3O/c10-6-2-1-5(3-7(6)11)4-8(15)9(12,13)14/h1-3,8,15H,4H2/t8-/m0/s1. The Balaban J connectivity index is 2.78. The molecule has 0 spiro atoms. The number of aliphatic hydroxyl groups is 1. The van der Waals surface area contributed by atoms with Crippen LogP contribution in [0.2, 0.25) is 10.0 Å². The summed E-state index contributed by atoms with van der Waals surface area (Å²) in [6.45, 7) is 0. The van der Waals surface area contributed by atoms with Gasteiger partial charge in [0.2, 0.25) is 0 Å². The van der Waals surface area contributed by atoms with Crippen LogP contribution in [0.25, 0.3) is 0 Å². The first-order valence-corrected chi connectivity index (χ1v) is 4.75. The Morgan fingerprint density at radius 3 is 2.27 bits per heavy atom. The summed E-state index contributed by atoms with van der Waals surface area (Å²) < 4.78 is 36.0. The molecule has 84 valence electrons. The third-order valence-corrected chi connectivity index (χ3v) is 2.53. The lowest BCUT2D eigenvalue weighted by Crippen LogP contribution is -2.30. The Bertz CT molecular complexity index is 352. The van der Waals surface area contributed by atoms with Gasteiger partial charge in [0, 0.05) is 6.42 Å². The van der Waals surface area contributed by atoms with E-state index in [0.717, 1.165) is 0 Å². The summed E-state index contributed by atoms with van der Waals surface area (Å²) in [7, 11) is 0. The van der Waals surface area contributed by atoms with Crippen LogP contribution in [0.5, 0.6) is 0 Å². The van der Waals surface area contributed by atoms with Gasteiger partial charge in [0.05, 0.1) is 10.0 Å². The van der Waals surface area contributed by atoms with Gasteiger partial charge in [-0.2, -0.15) is 13.2 Å². The summed E-state index contributed by atoms with van der Waals surface area (Å²) in [5, 5.41) is 9.23. The van der Waals surface area contributed by atoms with Crippen molar-refractivity contribution in [3.05, 3.63) is 33.8 Å². The Kier molecular flexibility index (Phi) is 3.87. The highest BCUT2D eigenvalue weighted by Crippen LogP contribution is 2.26. The maximum Gasteiger partial charge on any atom is 0.414 e. The largest absolute Gasteiger partial charge is 0.414 e. The second kappa shape index (κ2) is 4.60. The van der Waals surface area contributed by atoms with Crippen LogP contribution in [0.1, 0.15) is 5.56 Å². The fourth-order valence-electron chi connectivity index (χ4n) is 1.01. The first-order valence-electron chi connectivity index (χ1n) is 3.99. The van der Waals surface area contributed by atoms with Gasteiger partial charge >= 0.3 is 6.18 Å². The van der Waals surface area contributed by atoms with Gasteiger partial charge < -0.3 is 5.11 Å². The van der Waals surface area contributed by atoms with Gasteiger partial charge in [0.1, 0.15) is 0 Å². The molecule has 1 aromatic carbocycles. The van der Waals surface area contributed by atoms with E-state index in [4.69, 9.17) is 28.3 Å². The third-order valence-electron chi connectivity index (χ3n) is 1.79. The summed E-state index contributed by atoms with van der Waals surface area (Å²) >= 11 is 11.2. The Morgan fingerprint density at radius 2 is 1.80 bits per heavy atom. The van der Waals surface area contributed by atoms with Crippen molar-refractivity contribution in [2.75, 3.05) is 0 Å². The molecular formula is C9H7Cl2F3O. The van der Waals surface area contributed by atoms with Crippen molar-refractivity contribution in [3.63, 3.8) is 0 Å². The second-order valence-corrected chi connectivity index (χ2v) is 3.82. The first-order chi connectivity index (χ1) is 6.80. The predicted octanol–water partition coefficient (Wildman–Crippen LogP) is 3.46. The molecule has 1 aromatic rings. The van der Waals surface area contributed by atoms with E-state index in [1.165, 1.54) is 18.2 Å². The Hall–Kier alpha value is -0.450. The molecule has 0 saturated carbocycles.